The van der Waals surface area contributed by atoms with E-state index in [0.717, 1.165) is 27.5 Å². The summed E-state index contributed by atoms with van der Waals surface area (Å²) >= 11 is 0. The van der Waals surface area contributed by atoms with Crippen molar-refractivity contribution in [3.05, 3.63) is 95.6 Å². The van der Waals surface area contributed by atoms with Crippen molar-refractivity contribution in [2.45, 2.75) is 12.5 Å². The maximum absolute atomic E-state index is 14.4. The van der Waals surface area contributed by atoms with E-state index in [-0.39, 0.29) is 5.82 Å². The molecule has 0 saturated heterocycles. The summed E-state index contributed by atoms with van der Waals surface area (Å²) in [6.07, 6.45) is 1.66. The van der Waals surface area contributed by atoms with E-state index in [4.69, 9.17) is 0 Å². The third kappa shape index (κ3) is 2.72. The summed E-state index contributed by atoms with van der Waals surface area (Å²) in [4.78, 5) is 3.23. The van der Waals surface area contributed by atoms with Gasteiger partial charge in [0.2, 0.25) is 0 Å². The minimum absolute atomic E-state index is 0.320. The summed E-state index contributed by atoms with van der Waals surface area (Å²) in [5.41, 5.74) is 2.25. The van der Waals surface area contributed by atoms with E-state index < -0.39 is 12.3 Å². The average molecular weight is 403 g/mol. The molecule has 2 heterocycles. The Kier molecular flexibility index (Phi) is 4.18. The fraction of sp³-hybridized carbons (Fsp3) is 0.125. The number of para-hydroxylation sites is 1. The monoisotopic (exact) mass is 403 g/mol. The lowest BCUT2D eigenvalue weighted by Crippen LogP contribution is -2.30. The number of alkyl halides is 1. The van der Waals surface area contributed by atoms with Gasteiger partial charge in [0.1, 0.15) is 18.1 Å². The van der Waals surface area contributed by atoms with E-state index in [1.54, 1.807) is 41.2 Å². The van der Waals surface area contributed by atoms with Crippen LogP contribution in [0.15, 0.2) is 72.9 Å². The van der Waals surface area contributed by atoms with E-state index in [2.05, 4.69) is 10.1 Å². The molecular formula is C24H19F2N3O. The van der Waals surface area contributed by atoms with E-state index in [1.807, 2.05) is 31.2 Å². The van der Waals surface area contributed by atoms with Crippen LogP contribution >= 0.6 is 0 Å². The highest BCUT2D eigenvalue weighted by atomic mass is 19.1. The summed E-state index contributed by atoms with van der Waals surface area (Å²) in [5.74, 6) is -0.320. The van der Waals surface area contributed by atoms with Gasteiger partial charge < -0.3 is 10.1 Å². The Balaban J connectivity index is 1.66. The maximum Gasteiger partial charge on any atom is 0.145 e. The molecule has 4 nitrogen and oxygen atoms in total. The van der Waals surface area contributed by atoms with Gasteiger partial charge in [-0.25, -0.2) is 13.5 Å². The van der Waals surface area contributed by atoms with Crippen LogP contribution in [0.3, 0.4) is 0 Å². The topological polar surface area (TPSA) is 53.8 Å². The van der Waals surface area contributed by atoms with Gasteiger partial charge in [-0.3, -0.25) is 0 Å². The number of aryl methyl sites for hydroxylation is 1. The molecule has 150 valence electrons. The summed E-state index contributed by atoms with van der Waals surface area (Å²) in [5, 5.41) is 17.4. The highest BCUT2D eigenvalue weighted by molar-refractivity contribution is 5.87. The normalized spacial score (nSPS) is 13.7. The van der Waals surface area contributed by atoms with Crippen LogP contribution in [0.5, 0.6) is 0 Å². The molecule has 0 bridgehead atoms. The third-order valence-corrected chi connectivity index (χ3v) is 5.62. The van der Waals surface area contributed by atoms with Crippen LogP contribution in [0.2, 0.25) is 0 Å². The number of aliphatic hydroxyl groups is 1. The minimum Gasteiger partial charge on any atom is -0.378 e. The lowest BCUT2D eigenvalue weighted by atomic mass is 9.85. The average Bonchev–Trinajstić information content (AvgIpc) is 3.33. The molecular weight excluding hydrogens is 384 g/mol. The number of hydrogen-bond donors (Lipinski definition) is 2. The smallest absolute Gasteiger partial charge is 0.145 e. The highest BCUT2D eigenvalue weighted by Crippen LogP contribution is 2.38. The number of nitrogens with one attached hydrogen (secondary N) is 1. The quantitative estimate of drug-likeness (QED) is 0.436. The van der Waals surface area contributed by atoms with Gasteiger partial charge in [-0.1, -0.05) is 24.3 Å². The standard InChI is InChI=1S/C24H19F2N3O/c1-15-23(20-4-2-3-5-21(20)28-15)24(30,14-25)17-6-11-22-16(12-17)13-27-29(22)19-9-7-18(26)8-10-19/h2-13,28,30H,14H2,1H3. The highest BCUT2D eigenvalue weighted by Gasteiger charge is 2.36. The second kappa shape index (κ2) is 6.78. The zero-order valence-electron chi connectivity index (χ0n) is 16.2. The molecule has 0 fully saturated rings. The van der Waals surface area contributed by atoms with E-state index in [1.165, 1.54) is 12.1 Å². The zero-order chi connectivity index (χ0) is 20.9. The molecule has 0 aliphatic heterocycles. The molecule has 2 N–H and O–H groups in total. The second-order valence-electron chi connectivity index (χ2n) is 7.47. The first-order valence-corrected chi connectivity index (χ1v) is 9.61. The number of aromatic nitrogens is 3. The van der Waals surface area contributed by atoms with Gasteiger partial charge in [-0.15, -0.1) is 0 Å². The van der Waals surface area contributed by atoms with Crippen molar-refractivity contribution in [2.24, 2.45) is 0 Å². The predicted molar refractivity (Wildman–Crippen MR) is 113 cm³/mol. The van der Waals surface area contributed by atoms with E-state index in [0.29, 0.717) is 16.8 Å². The van der Waals surface area contributed by atoms with Crippen molar-refractivity contribution in [2.75, 3.05) is 6.67 Å². The number of H-pyrrole nitrogens is 1. The van der Waals surface area contributed by atoms with Crippen LogP contribution in [-0.2, 0) is 5.60 Å². The molecule has 30 heavy (non-hydrogen) atoms. The van der Waals surface area contributed by atoms with Crippen LogP contribution < -0.4 is 0 Å². The fourth-order valence-electron chi connectivity index (χ4n) is 4.18. The van der Waals surface area contributed by atoms with Crippen molar-refractivity contribution >= 4 is 21.8 Å². The van der Waals surface area contributed by atoms with Crippen LogP contribution in [0.1, 0.15) is 16.8 Å². The second-order valence-corrected chi connectivity index (χ2v) is 7.47. The first kappa shape index (κ1) is 18.5. The molecule has 0 saturated carbocycles. The van der Waals surface area contributed by atoms with Crippen LogP contribution in [0.25, 0.3) is 27.5 Å². The summed E-state index contributed by atoms with van der Waals surface area (Å²) < 4.78 is 29.3. The van der Waals surface area contributed by atoms with Crippen molar-refractivity contribution in [3.63, 3.8) is 0 Å². The fourth-order valence-corrected chi connectivity index (χ4v) is 4.18. The van der Waals surface area contributed by atoms with Gasteiger partial charge in [0.15, 0.2) is 0 Å². The Hall–Kier alpha value is -3.51. The number of rotatable bonds is 4. The van der Waals surface area contributed by atoms with Gasteiger partial charge in [0, 0.05) is 27.5 Å². The van der Waals surface area contributed by atoms with Gasteiger partial charge in [-0.2, -0.15) is 5.10 Å². The minimum atomic E-state index is -1.80. The first-order valence-electron chi connectivity index (χ1n) is 9.61. The van der Waals surface area contributed by atoms with Crippen molar-refractivity contribution in [1.29, 1.82) is 0 Å². The van der Waals surface area contributed by atoms with E-state index in [9.17, 15) is 13.9 Å². The Morgan fingerprint density at radius 2 is 1.83 bits per heavy atom. The van der Waals surface area contributed by atoms with Gasteiger partial charge >= 0.3 is 0 Å². The lowest BCUT2D eigenvalue weighted by molar-refractivity contribution is 0.0528. The molecule has 0 aliphatic rings. The predicted octanol–water partition coefficient (Wildman–Crippen LogP) is 5.16. The molecule has 5 rings (SSSR count). The van der Waals surface area contributed by atoms with Gasteiger partial charge in [0.25, 0.3) is 0 Å². The summed E-state index contributed by atoms with van der Waals surface area (Å²) in [6, 6.07) is 18.8. The van der Waals surface area contributed by atoms with Gasteiger partial charge in [-0.05, 0) is 55.0 Å². The molecule has 0 aliphatic carbocycles. The zero-order valence-corrected chi connectivity index (χ0v) is 16.2. The molecule has 3 aromatic carbocycles. The number of halogens is 2. The third-order valence-electron chi connectivity index (χ3n) is 5.62. The number of nitrogens with zero attached hydrogens (tertiary/aromatic N) is 2. The van der Waals surface area contributed by atoms with Crippen molar-refractivity contribution in [1.82, 2.24) is 14.8 Å². The Morgan fingerprint density at radius 3 is 2.60 bits per heavy atom. The Labute approximate surface area is 171 Å². The SMILES string of the molecule is Cc1[nH]c2ccccc2c1C(O)(CF)c1ccc2c(cnn2-c2ccc(F)cc2)c1. The number of fused-ring (bicyclic) bond motifs is 2. The molecule has 5 aromatic rings. The van der Waals surface area contributed by atoms with Crippen LogP contribution in [0.4, 0.5) is 8.78 Å². The van der Waals surface area contributed by atoms with E-state index >= 15 is 0 Å². The molecule has 1 unspecified atom stereocenters. The molecule has 2 aromatic heterocycles. The summed E-state index contributed by atoms with van der Waals surface area (Å²) in [7, 11) is 0. The Bertz CT molecular complexity index is 1370. The maximum atomic E-state index is 14.4. The lowest BCUT2D eigenvalue weighted by Gasteiger charge is -2.26. The molecule has 0 amide bonds. The van der Waals surface area contributed by atoms with Crippen molar-refractivity contribution in [3.8, 4) is 5.69 Å². The largest absolute Gasteiger partial charge is 0.378 e. The molecule has 0 spiro atoms. The number of hydrogen-bond acceptors (Lipinski definition) is 2. The first-order chi connectivity index (χ1) is 14.5. The van der Waals surface area contributed by atoms with Crippen LogP contribution in [0, 0.1) is 12.7 Å². The molecule has 6 heteroatoms. The molecule has 1 atom stereocenters. The number of aromatic amines is 1. The Morgan fingerprint density at radius 1 is 1.07 bits per heavy atom. The van der Waals surface area contributed by atoms with Crippen molar-refractivity contribution < 1.29 is 13.9 Å². The molecule has 0 radical (unpaired) electrons. The summed E-state index contributed by atoms with van der Waals surface area (Å²) in [6.45, 7) is 0.869. The number of benzene rings is 3. The van der Waals surface area contributed by atoms with Crippen LogP contribution in [-0.4, -0.2) is 26.5 Å². The van der Waals surface area contributed by atoms with Gasteiger partial charge in [0.05, 0.1) is 17.4 Å².